The fourth-order valence-electron chi connectivity index (χ4n) is 0.698. The lowest BCUT2D eigenvalue weighted by molar-refractivity contribution is -0.161. The van der Waals surface area contributed by atoms with Gasteiger partial charge in [0, 0.05) is 0 Å². The van der Waals surface area contributed by atoms with Crippen LogP contribution >= 0.6 is 11.3 Å². The SMILES string of the molecule is Nc1ccsc1C(=O)OCC(F)(F)F. The summed E-state index contributed by atoms with van der Waals surface area (Å²) in [6.45, 7) is -1.59. The Morgan fingerprint density at radius 3 is 2.64 bits per heavy atom. The highest BCUT2D eigenvalue weighted by Gasteiger charge is 2.30. The molecule has 1 aromatic heterocycles. The van der Waals surface area contributed by atoms with E-state index in [1.807, 2.05) is 0 Å². The lowest BCUT2D eigenvalue weighted by atomic mass is 10.4. The van der Waals surface area contributed by atoms with Crippen LogP contribution in [-0.2, 0) is 4.74 Å². The van der Waals surface area contributed by atoms with Crippen LogP contribution < -0.4 is 5.73 Å². The van der Waals surface area contributed by atoms with E-state index in [1.54, 1.807) is 0 Å². The van der Waals surface area contributed by atoms with Crippen molar-refractivity contribution < 1.29 is 22.7 Å². The number of hydrogen-bond acceptors (Lipinski definition) is 4. The van der Waals surface area contributed by atoms with E-state index in [-0.39, 0.29) is 10.6 Å². The van der Waals surface area contributed by atoms with E-state index in [1.165, 1.54) is 11.4 Å². The van der Waals surface area contributed by atoms with Gasteiger partial charge in [-0.1, -0.05) is 0 Å². The van der Waals surface area contributed by atoms with Crippen LogP contribution in [0, 0.1) is 0 Å². The Morgan fingerprint density at radius 2 is 2.21 bits per heavy atom. The number of ether oxygens (including phenoxy) is 1. The number of anilines is 1. The van der Waals surface area contributed by atoms with Crippen molar-refractivity contribution in [1.29, 1.82) is 0 Å². The molecule has 0 amide bonds. The van der Waals surface area contributed by atoms with Gasteiger partial charge in [-0.15, -0.1) is 11.3 Å². The number of hydrogen-bond donors (Lipinski definition) is 1. The molecule has 0 aliphatic heterocycles. The number of nitrogen functional groups attached to an aromatic ring is 1. The molecule has 0 spiro atoms. The summed E-state index contributed by atoms with van der Waals surface area (Å²) in [7, 11) is 0. The predicted molar refractivity (Wildman–Crippen MR) is 45.1 cm³/mol. The summed E-state index contributed by atoms with van der Waals surface area (Å²) >= 11 is 0.941. The Hall–Kier alpha value is -1.24. The summed E-state index contributed by atoms with van der Waals surface area (Å²) in [6, 6.07) is 1.43. The van der Waals surface area contributed by atoms with E-state index in [9.17, 15) is 18.0 Å². The van der Waals surface area contributed by atoms with E-state index in [2.05, 4.69) is 4.74 Å². The Labute approximate surface area is 81.3 Å². The Morgan fingerprint density at radius 1 is 1.57 bits per heavy atom. The minimum atomic E-state index is -4.51. The normalized spacial score (nSPS) is 11.4. The number of carbonyl (C=O) groups excluding carboxylic acids is 1. The second-order valence-electron chi connectivity index (χ2n) is 2.40. The predicted octanol–water partition coefficient (Wildman–Crippen LogP) is 2.05. The fourth-order valence-corrected chi connectivity index (χ4v) is 1.41. The third-order valence-electron chi connectivity index (χ3n) is 1.25. The quantitative estimate of drug-likeness (QED) is 0.783. The molecular weight excluding hydrogens is 219 g/mol. The highest BCUT2D eigenvalue weighted by molar-refractivity contribution is 7.12. The average Bonchev–Trinajstić information content (AvgIpc) is 2.46. The topological polar surface area (TPSA) is 52.3 Å². The van der Waals surface area contributed by atoms with Gasteiger partial charge in [0.1, 0.15) is 4.88 Å². The van der Waals surface area contributed by atoms with Gasteiger partial charge in [0.15, 0.2) is 6.61 Å². The molecule has 0 atom stereocenters. The van der Waals surface area contributed by atoms with Crippen molar-refractivity contribution in [3.63, 3.8) is 0 Å². The molecule has 1 aromatic rings. The summed E-state index contributed by atoms with van der Waals surface area (Å²) < 4.78 is 39.0. The number of halogens is 3. The zero-order chi connectivity index (χ0) is 10.8. The van der Waals surface area contributed by atoms with Crippen LogP contribution in [-0.4, -0.2) is 18.8 Å². The maximum absolute atomic E-state index is 11.7. The van der Waals surface area contributed by atoms with Gasteiger partial charge in [0.2, 0.25) is 0 Å². The molecule has 14 heavy (non-hydrogen) atoms. The highest BCUT2D eigenvalue weighted by atomic mass is 32.1. The largest absolute Gasteiger partial charge is 0.452 e. The number of rotatable bonds is 2. The number of nitrogens with two attached hydrogens (primary N) is 1. The van der Waals surface area contributed by atoms with Gasteiger partial charge >= 0.3 is 12.1 Å². The molecule has 2 N–H and O–H groups in total. The van der Waals surface area contributed by atoms with Crippen LogP contribution in [0.25, 0.3) is 0 Å². The van der Waals surface area contributed by atoms with Gasteiger partial charge in [-0.05, 0) is 11.4 Å². The molecule has 3 nitrogen and oxygen atoms in total. The fraction of sp³-hybridized carbons (Fsp3) is 0.286. The maximum Gasteiger partial charge on any atom is 0.422 e. The maximum atomic E-state index is 11.7. The van der Waals surface area contributed by atoms with Crippen molar-refractivity contribution in [1.82, 2.24) is 0 Å². The first kappa shape index (κ1) is 10.8. The molecule has 0 bridgehead atoms. The summed E-state index contributed by atoms with van der Waals surface area (Å²) in [6.07, 6.45) is -4.51. The lowest BCUT2D eigenvalue weighted by Gasteiger charge is -2.06. The monoisotopic (exact) mass is 225 g/mol. The molecule has 0 aliphatic carbocycles. The van der Waals surface area contributed by atoms with Gasteiger partial charge in [0.05, 0.1) is 5.69 Å². The summed E-state index contributed by atoms with van der Waals surface area (Å²) in [5.41, 5.74) is 5.44. The van der Waals surface area contributed by atoms with Crippen molar-refractivity contribution in [2.45, 2.75) is 6.18 Å². The van der Waals surface area contributed by atoms with Crippen LogP contribution in [0.2, 0.25) is 0 Å². The number of thiophene rings is 1. The first-order chi connectivity index (χ1) is 6.40. The van der Waals surface area contributed by atoms with Crippen LogP contribution in [0.15, 0.2) is 11.4 Å². The van der Waals surface area contributed by atoms with E-state index >= 15 is 0 Å². The zero-order valence-corrected chi connectivity index (χ0v) is 7.61. The Kier molecular flexibility index (Phi) is 3.00. The van der Waals surface area contributed by atoms with Crippen molar-refractivity contribution >= 4 is 23.0 Å². The molecule has 0 saturated carbocycles. The van der Waals surface area contributed by atoms with Crippen LogP contribution in [0.4, 0.5) is 18.9 Å². The zero-order valence-electron chi connectivity index (χ0n) is 6.80. The molecule has 1 heterocycles. The first-order valence-electron chi connectivity index (χ1n) is 3.47. The third-order valence-corrected chi connectivity index (χ3v) is 2.16. The molecular formula is C7H6F3NO2S. The molecule has 0 aliphatic rings. The number of esters is 1. The summed E-state index contributed by atoms with van der Waals surface area (Å²) in [5.74, 6) is -1.05. The second kappa shape index (κ2) is 3.87. The van der Waals surface area contributed by atoms with Gasteiger partial charge in [-0.3, -0.25) is 0 Å². The molecule has 1 rings (SSSR count). The molecule has 0 radical (unpaired) electrons. The number of carbonyl (C=O) groups is 1. The lowest BCUT2D eigenvalue weighted by Crippen LogP contribution is -2.20. The Balaban J connectivity index is 2.56. The molecule has 0 unspecified atom stereocenters. The van der Waals surface area contributed by atoms with Crippen LogP contribution in [0.1, 0.15) is 9.67 Å². The van der Waals surface area contributed by atoms with E-state index in [4.69, 9.17) is 5.73 Å². The van der Waals surface area contributed by atoms with Crippen molar-refractivity contribution in [3.8, 4) is 0 Å². The van der Waals surface area contributed by atoms with Gasteiger partial charge < -0.3 is 10.5 Å². The highest BCUT2D eigenvalue weighted by Crippen LogP contribution is 2.21. The average molecular weight is 225 g/mol. The van der Waals surface area contributed by atoms with Crippen molar-refractivity contribution in [3.05, 3.63) is 16.3 Å². The summed E-state index contributed by atoms with van der Waals surface area (Å²) in [4.78, 5) is 11.0. The van der Waals surface area contributed by atoms with E-state index in [0.29, 0.717) is 0 Å². The van der Waals surface area contributed by atoms with Crippen LogP contribution in [0.3, 0.4) is 0 Å². The molecule has 0 aromatic carbocycles. The van der Waals surface area contributed by atoms with E-state index < -0.39 is 18.8 Å². The Bertz CT molecular complexity index is 334. The van der Waals surface area contributed by atoms with Gasteiger partial charge in [0.25, 0.3) is 0 Å². The molecule has 0 fully saturated rings. The second-order valence-corrected chi connectivity index (χ2v) is 3.31. The number of alkyl halides is 3. The third kappa shape index (κ3) is 2.91. The van der Waals surface area contributed by atoms with Crippen molar-refractivity contribution in [2.24, 2.45) is 0 Å². The van der Waals surface area contributed by atoms with E-state index in [0.717, 1.165) is 11.3 Å². The molecule has 7 heteroatoms. The molecule has 0 saturated heterocycles. The van der Waals surface area contributed by atoms with Crippen molar-refractivity contribution in [2.75, 3.05) is 12.3 Å². The van der Waals surface area contributed by atoms with Gasteiger partial charge in [-0.25, -0.2) is 4.79 Å². The smallest absolute Gasteiger partial charge is 0.422 e. The minimum Gasteiger partial charge on any atom is -0.452 e. The molecule has 78 valence electrons. The minimum absolute atomic E-state index is 0.00532. The van der Waals surface area contributed by atoms with Gasteiger partial charge in [-0.2, -0.15) is 13.2 Å². The standard InChI is InChI=1S/C7H6F3NO2S/c8-7(9,10)3-13-6(12)5-4(11)1-2-14-5/h1-2H,3,11H2. The van der Waals surface area contributed by atoms with Crippen LogP contribution in [0.5, 0.6) is 0 Å². The summed E-state index contributed by atoms with van der Waals surface area (Å²) in [5, 5.41) is 1.50. The first-order valence-corrected chi connectivity index (χ1v) is 4.35.